The third-order valence-electron chi connectivity index (χ3n) is 3.65. The molecule has 0 atom stereocenters. The Kier molecular flexibility index (Phi) is 5.90. The standard InChI is InChI=1S/C15H21BClO5/c1-14(2,19)15(3,4)22-16-9-7-10(17)12(13(18)21-6)11(8-9)20-5/h7-8,19H,1-6H3. The molecule has 0 amide bonds. The summed E-state index contributed by atoms with van der Waals surface area (Å²) in [6, 6.07) is 3.18. The van der Waals surface area contributed by atoms with E-state index in [2.05, 4.69) is 4.74 Å². The van der Waals surface area contributed by atoms with Crippen LogP contribution < -0.4 is 10.2 Å². The number of ether oxygens (including phenoxy) is 2. The summed E-state index contributed by atoms with van der Waals surface area (Å²) in [5.74, 6) is -0.290. The second kappa shape index (κ2) is 6.90. The minimum atomic E-state index is -1.04. The van der Waals surface area contributed by atoms with E-state index >= 15 is 0 Å². The van der Waals surface area contributed by atoms with Crippen LogP contribution in [0.3, 0.4) is 0 Å². The number of benzene rings is 1. The molecule has 0 saturated heterocycles. The molecule has 0 aromatic heterocycles. The van der Waals surface area contributed by atoms with Crippen molar-refractivity contribution in [3.8, 4) is 5.75 Å². The van der Waals surface area contributed by atoms with Gasteiger partial charge in [-0.25, -0.2) is 4.79 Å². The second-order valence-electron chi connectivity index (χ2n) is 5.88. The Balaban J connectivity index is 3.04. The van der Waals surface area contributed by atoms with Crippen LogP contribution in [0.15, 0.2) is 12.1 Å². The monoisotopic (exact) mass is 327 g/mol. The van der Waals surface area contributed by atoms with Gasteiger partial charge in [0.25, 0.3) is 0 Å². The maximum absolute atomic E-state index is 11.7. The number of halogens is 1. The summed E-state index contributed by atoms with van der Waals surface area (Å²) < 4.78 is 15.5. The Labute approximate surface area is 136 Å². The predicted octanol–water partition coefficient (Wildman–Crippen LogP) is 1.95. The average Bonchev–Trinajstić information content (AvgIpc) is 2.42. The Bertz CT molecular complexity index is 552. The quantitative estimate of drug-likeness (QED) is 0.639. The molecule has 0 aliphatic heterocycles. The molecule has 121 valence electrons. The van der Waals surface area contributed by atoms with Crippen LogP contribution in [0.5, 0.6) is 5.75 Å². The van der Waals surface area contributed by atoms with E-state index in [4.69, 9.17) is 21.0 Å². The van der Waals surface area contributed by atoms with E-state index in [1.807, 2.05) is 0 Å². The maximum Gasteiger partial charge on any atom is 0.343 e. The van der Waals surface area contributed by atoms with Crippen molar-refractivity contribution in [2.75, 3.05) is 14.2 Å². The van der Waals surface area contributed by atoms with Gasteiger partial charge in [0.2, 0.25) is 0 Å². The number of hydrogen-bond donors (Lipinski definition) is 1. The van der Waals surface area contributed by atoms with Crippen molar-refractivity contribution in [2.45, 2.75) is 38.9 Å². The first kappa shape index (κ1) is 18.8. The lowest BCUT2D eigenvalue weighted by Crippen LogP contribution is -2.49. The van der Waals surface area contributed by atoms with Gasteiger partial charge >= 0.3 is 13.5 Å². The number of rotatable bonds is 6. The molecule has 5 nitrogen and oxygen atoms in total. The van der Waals surface area contributed by atoms with Crippen LogP contribution in [0, 0.1) is 0 Å². The van der Waals surface area contributed by atoms with Gasteiger partial charge in [0.1, 0.15) is 11.3 Å². The summed E-state index contributed by atoms with van der Waals surface area (Å²) >= 11 is 6.12. The lowest BCUT2D eigenvalue weighted by Gasteiger charge is -2.37. The summed E-state index contributed by atoms with van der Waals surface area (Å²) in [7, 11) is 4.17. The van der Waals surface area contributed by atoms with E-state index in [1.54, 1.807) is 39.8 Å². The normalized spacial score (nSPS) is 12.0. The molecule has 1 aromatic carbocycles. The first-order valence-corrected chi connectivity index (χ1v) is 7.10. The fraction of sp³-hybridized carbons (Fsp3) is 0.533. The highest BCUT2D eigenvalue weighted by atomic mass is 35.5. The first-order chi connectivity index (χ1) is 10.0. The molecule has 0 aliphatic carbocycles. The van der Waals surface area contributed by atoms with E-state index in [0.717, 1.165) is 0 Å². The zero-order valence-corrected chi connectivity index (χ0v) is 14.4. The minimum Gasteiger partial charge on any atom is -0.496 e. The molecule has 22 heavy (non-hydrogen) atoms. The third-order valence-corrected chi connectivity index (χ3v) is 3.95. The first-order valence-electron chi connectivity index (χ1n) is 6.72. The van der Waals surface area contributed by atoms with E-state index in [1.165, 1.54) is 21.7 Å². The molecule has 0 unspecified atom stereocenters. The summed E-state index contributed by atoms with van der Waals surface area (Å²) in [5.41, 5.74) is -1.09. The van der Waals surface area contributed by atoms with Crippen LogP contribution >= 0.6 is 11.6 Å². The lowest BCUT2D eigenvalue weighted by molar-refractivity contribution is -0.0893. The second-order valence-corrected chi connectivity index (χ2v) is 6.28. The highest BCUT2D eigenvalue weighted by Crippen LogP contribution is 2.27. The molecule has 0 saturated carbocycles. The number of esters is 1. The van der Waals surface area contributed by atoms with Crippen molar-refractivity contribution in [1.29, 1.82) is 0 Å². The Morgan fingerprint density at radius 1 is 1.23 bits per heavy atom. The van der Waals surface area contributed by atoms with Gasteiger partial charge in [0, 0.05) is 0 Å². The molecule has 1 N–H and O–H groups in total. The van der Waals surface area contributed by atoms with Gasteiger partial charge in [-0.1, -0.05) is 11.6 Å². The van der Waals surface area contributed by atoms with Gasteiger partial charge in [-0.15, -0.1) is 0 Å². The van der Waals surface area contributed by atoms with E-state index in [0.29, 0.717) is 5.46 Å². The number of hydrogen-bond acceptors (Lipinski definition) is 5. The molecule has 0 heterocycles. The summed E-state index contributed by atoms with van der Waals surface area (Å²) in [6.45, 7) is 6.86. The molecule has 0 aliphatic rings. The molecule has 0 bridgehead atoms. The van der Waals surface area contributed by atoms with Crippen LogP contribution in [0.1, 0.15) is 38.1 Å². The summed E-state index contributed by atoms with van der Waals surface area (Å²) in [4.78, 5) is 11.7. The predicted molar refractivity (Wildman–Crippen MR) is 86.2 cm³/mol. The number of carbonyl (C=O) groups is 1. The molecule has 0 fully saturated rings. The topological polar surface area (TPSA) is 65.0 Å². The molecule has 1 radical (unpaired) electrons. The van der Waals surface area contributed by atoms with Crippen LogP contribution in [-0.4, -0.2) is 44.0 Å². The minimum absolute atomic E-state index is 0.158. The van der Waals surface area contributed by atoms with Crippen LogP contribution in [0.2, 0.25) is 5.02 Å². The van der Waals surface area contributed by atoms with Gasteiger partial charge in [0.15, 0.2) is 0 Å². The van der Waals surface area contributed by atoms with Crippen molar-refractivity contribution in [3.63, 3.8) is 0 Å². The third kappa shape index (κ3) is 4.15. The average molecular weight is 328 g/mol. The molecule has 0 spiro atoms. The smallest absolute Gasteiger partial charge is 0.343 e. The fourth-order valence-electron chi connectivity index (χ4n) is 1.49. The van der Waals surface area contributed by atoms with Crippen molar-refractivity contribution in [2.24, 2.45) is 0 Å². The zero-order valence-electron chi connectivity index (χ0n) is 13.7. The maximum atomic E-state index is 11.7. The zero-order chi connectivity index (χ0) is 17.1. The number of methoxy groups -OCH3 is 2. The highest BCUT2D eigenvalue weighted by molar-refractivity contribution is 6.48. The highest BCUT2D eigenvalue weighted by Gasteiger charge is 2.35. The van der Waals surface area contributed by atoms with Gasteiger partial charge in [0.05, 0.1) is 30.4 Å². The Morgan fingerprint density at radius 2 is 1.82 bits per heavy atom. The van der Waals surface area contributed by atoms with Crippen molar-refractivity contribution < 1.29 is 24.0 Å². The number of carbonyl (C=O) groups excluding carboxylic acids is 1. The van der Waals surface area contributed by atoms with Gasteiger partial charge in [-0.3, -0.25) is 0 Å². The van der Waals surface area contributed by atoms with Crippen LogP contribution in [0.4, 0.5) is 0 Å². The molecular formula is C15H21BClO5. The molecule has 1 aromatic rings. The Morgan fingerprint density at radius 3 is 2.27 bits per heavy atom. The van der Waals surface area contributed by atoms with E-state index in [-0.39, 0.29) is 16.3 Å². The number of aliphatic hydroxyl groups is 1. The molecule has 7 heteroatoms. The molecule has 1 rings (SSSR count). The fourth-order valence-corrected chi connectivity index (χ4v) is 1.79. The van der Waals surface area contributed by atoms with Crippen molar-refractivity contribution in [1.82, 2.24) is 0 Å². The van der Waals surface area contributed by atoms with Crippen molar-refractivity contribution >= 4 is 30.5 Å². The molecular weight excluding hydrogens is 306 g/mol. The van der Waals surface area contributed by atoms with Crippen molar-refractivity contribution in [3.05, 3.63) is 22.7 Å². The van der Waals surface area contributed by atoms with Crippen LogP contribution in [0.25, 0.3) is 0 Å². The van der Waals surface area contributed by atoms with Crippen LogP contribution in [-0.2, 0) is 9.39 Å². The largest absolute Gasteiger partial charge is 0.496 e. The van der Waals surface area contributed by atoms with E-state index in [9.17, 15) is 9.90 Å². The summed E-state index contributed by atoms with van der Waals surface area (Å²) in [6.07, 6.45) is 0. The Hall–Kier alpha value is -1.24. The van der Waals surface area contributed by atoms with Gasteiger partial charge in [-0.2, -0.15) is 0 Å². The summed E-state index contributed by atoms with van der Waals surface area (Å²) in [5, 5.41) is 10.3. The van der Waals surface area contributed by atoms with Gasteiger partial charge in [-0.05, 0) is 45.3 Å². The SMILES string of the molecule is COC(=O)c1c(Cl)cc([B]OC(C)(C)C(C)(C)O)cc1OC. The van der Waals surface area contributed by atoms with Gasteiger partial charge < -0.3 is 19.2 Å². The lowest BCUT2D eigenvalue weighted by atomic mass is 9.82. The van der Waals surface area contributed by atoms with E-state index < -0.39 is 17.2 Å².